The molecule has 2 aromatic carbocycles. The lowest BCUT2D eigenvalue weighted by Gasteiger charge is -2.19. The van der Waals surface area contributed by atoms with Gasteiger partial charge >= 0.3 is 0 Å². The molecule has 1 aliphatic rings. The van der Waals surface area contributed by atoms with E-state index in [9.17, 15) is 0 Å². The summed E-state index contributed by atoms with van der Waals surface area (Å²) in [4.78, 5) is 0. The second-order valence-electron chi connectivity index (χ2n) is 4.45. The Morgan fingerprint density at radius 1 is 1.00 bits per heavy atom. The van der Waals surface area contributed by atoms with Crippen molar-refractivity contribution in [3.8, 4) is 0 Å². The van der Waals surface area contributed by atoms with Gasteiger partial charge in [0.25, 0.3) is 0 Å². The van der Waals surface area contributed by atoms with Crippen LogP contribution in [-0.4, -0.2) is 25.9 Å². The van der Waals surface area contributed by atoms with E-state index in [1.165, 1.54) is 16.3 Å². The maximum Gasteiger partial charge on any atom is 0.0993 e. The molecule has 0 saturated carbocycles. The predicted octanol–water partition coefficient (Wildman–Crippen LogP) is 3.27. The van der Waals surface area contributed by atoms with E-state index in [4.69, 9.17) is 9.47 Å². The zero-order valence-electron chi connectivity index (χ0n) is 10.2. The molecule has 0 spiro atoms. The van der Waals surface area contributed by atoms with Crippen molar-refractivity contribution in [1.82, 2.24) is 0 Å². The lowest BCUT2D eigenvalue weighted by molar-refractivity contribution is -0.0672. The summed E-state index contributed by atoms with van der Waals surface area (Å²) in [6, 6.07) is 14.8. The third kappa shape index (κ3) is 2.61. The van der Waals surface area contributed by atoms with Crippen LogP contribution in [0.25, 0.3) is 16.8 Å². The maximum absolute atomic E-state index is 5.58. The Labute approximate surface area is 107 Å². The van der Waals surface area contributed by atoms with E-state index in [0.717, 1.165) is 0 Å². The molecule has 18 heavy (non-hydrogen) atoms. The molecule has 1 saturated heterocycles. The molecule has 1 fully saturated rings. The van der Waals surface area contributed by atoms with Gasteiger partial charge in [0.05, 0.1) is 25.9 Å². The van der Waals surface area contributed by atoms with Gasteiger partial charge in [0.2, 0.25) is 0 Å². The van der Waals surface area contributed by atoms with Gasteiger partial charge in [0, 0.05) is 0 Å². The minimum atomic E-state index is 0.0882. The Kier molecular flexibility index (Phi) is 3.40. The molecule has 2 heteroatoms. The number of benzene rings is 2. The average Bonchev–Trinajstić information content (AvgIpc) is 2.46. The largest absolute Gasteiger partial charge is 0.376 e. The first-order chi connectivity index (χ1) is 8.92. The summed E-state index contributed by atoms with van der Waals surface area (Å²) >= 11 is 0. The minimum absolute atomic E-state index is 0.0882. The summed E-state index contributed by atoms with van der Waals surface area (Å²) in [6.45, 7) is 2.05. The molecule has 2 nitrogen and oxygen atoms in total. The number of fused-ring (bicyclic) bond motifs is 1. The van der Waals surface area contributed by atoms with Crippen molar-refractivity contribution in [3.05, 3.63) is 54.1 Å². The fourth-order valence-corrected chi connectivity index (χ4v) is 2.15. The van der Waals surface area contributed by atoms with E-state index in [1.54, 1.807) is 0 Å². The Morgan fingerprint density at radius 3 is 2.72 bits per heavy atom. The quantitative estimate of drug-likeness (QED) is 0.802. The smallest absolute Gasteiger partial charge is 0.0993 e. The van der Waals surface area contributed by atoms with Crippen LogP contribution in [0, 0.1) is 0 Å². The van der Waals surface area contributed by atoms with Gasteiger partial charge in [0.15, 0.2) is 0 Å². The summed E-state index contributed by atoms with van der Waals surface area (Å²) in [6.07, 6.45) is 4.26. The molecular formula is C16H16O2. The normalized spacial score (nSPS) is 20.6. The number of hydrogen-bond acceptors (Lipinski definition) is 2. The summed E-state index contributed by atoms with van der Waals surface area (Å²) < 4.78 is 10.9. The third-order valence-corrected chi connectivity index (χ3v) is 3.12. The van der Waals surface area contributed by atoms with Crippen molar-refractivity contribution >= 4 is 16.8 Å². The molecular weight excluding hydrogens is 224 g/mol. The van der Waals surface area contributed by atoms with E-state index in [0.29, 0.717) is 19.8 Å². The highest BCUT2D eigenvalue weighted by atomic mass is 16.6. The van der Waals surface area contributed by atoms with Gasteiger partial charge in [-0.1, -0.05) is 48.6 Å². The lowest BCUT2D eigenvalue weighted by Crippen LogP contribution is -2.26. The van der Waals surface area contributed by atoms with Gasteiger partial charge in [-0.3, -0.25) is 0 Å². The highest BCUT2D eigenvalue weighted by Crippen LogP contribution is 2.17. The molecule has 2 aromatic rings. The second-order valence-corrected chi connectivity index (χ2v) is 4.45. The van der Waals surface area contributed by atoms with E-state index < -0.39 is 0 Å². The molecule has 0 aromatic heterocycles. The van der Waals surface area contributed by atoms with Crippen LogP contribution in [0.3, 0.4) is 0 Å². The van der Waals surface area contributed by atoms with Crippen molar-refractivity contribution < 1.29 is 9.47 Å². The molecule has 1 unspecified atom stereocenters. The van der Waals surface area contributed by atoms with Gasteiger partial charge in [0.1, 0.15) is 0 Å². The van der Waals surface area contributed by atoms with E-state index in [1.807, 2.05) is 0 Å². The molecule has 92 valence electrons. The van der Waals surface area contributed by atoms with Crippen molar-refractivity contribution in [3.63, 3.8) is 0 Å². The van der Waals surface area contributed by atoms with Crippen molar-refractivity contribution in [1.29, 1.82) is 0 Å². The summed E-state index contributed by atoms with van der Waals surface area (Å²) in [5.41, 5.74) is 1.20. The Hall–Kier alpha value is -1.64. The Balaban J connectivity index is 1.79. The highest BCUT2D eigenvalue weighted by Gasteiger charge is 2.09. The molecule has 0 bridgehead atoms. The van der Waals surface area contributed by atoms with Gasteiger partial charge < -0.3 is 9.47 Å². The lowest BCUT2D eigenvalue weighted by atomic mass is 10.1. The van der Waals surface area contributed by atoms with Crippen LogP contribution in [0.2, 0.25) is 0 Å². The van der Waals surface area contributed by atoms with Gasteiger partial charge in [-0.05, 0) is 22.4 Å². The Bertz CT molecular complexity index is 554. The topological polar surface area (TPSA) is 18.5 Å². The summed E-state index contributed by atoms with van der Waals surface area (Å²) in [5, 5.41) is 2.53. The zero-order valence-corrected chi connectivity index (χ0v) is 10.2. The van der Waals surface area contributed by atoms with Gasteiger partial charge in [-0.25, -0.2) is 0 Å². The predicted molar refractivity (Wildman–Crippen MR) is 73.5 cm³/mol. The molecule has 0 aliphatic carbocycles. The standard InChI is InChI=1S/C16H16O2/c1-2-4-15-11-13(5-7-14(15)3-1)6-8-16-12-17-9-10-18-16/h1-8,11,16H,9-10,12H2/b8-6+. The fraction of sp³-hybridized carbons (Fsp3) is 0.250. The van der Waals surface area contributed by atoms with Crippen LogP contribution < -0.4 is 0 Å². The number of ether oxygens (including phenoxy) is 2. The third-order valence-electron chi connectivity index (χ3n) is 3.12. The first-order valence-corrected chi connectivity index (χ1v) is 6.28. The van der Waals surface area contributed by atoms with E-state index in [2.05, 4.69) is 54.6 Å². The molecule has 1 atom stereocenters. The highest BCUT2D eigenvalue weighted by molar-refractivity contribution is 5.84. The van der Waals surface area contributed by atoms with Crippen molar-refractivity contribution in [2.75, 3.05) is 19.8 Å². The summed E-state index contributed by atoms with van der Waals surface area (Å²) in [7, 11) is 0. The molecule has 0 amide bonds. The van der Waals surface area contributed by atoms with Crippen LogP contribution in [-0.2, 0) is 9.47 Å². The number of hydrogen-bond donors (Lipinski definition) is 0. The van der Waals surface area contributed by atoms with E-state index in [-0.39, 0.29) is 6.10 Å². The number of rotatable bonds is 2. The second kappa shape index (κ2) is 5.34. The van der Waals surface area contributed by atoms with Crippen LogP contribution in [0.4, 0.5) is 0 Å². The SMILES string of the molecule is C(=C\C1COCCO1)/c1ccc2ccccc2c1. The zero-order chi connectivity index (χ0) is 12.2. The first-order valence-electron chi connectivity index (χ1n) is 6.28. The molecule has 1 heterocycles. The van der Waals surface area contributed by atoms with Crippen LogP contribution >= 0.6 is 0 Å². The molecule has 3 rings (SSSR count). The van der Waals surface area contributed by atoms with Gasteiger partial charge in [-0.2, -0.15) is 0 Å². The summed E-state index contributed by atoms with van der Waals surface area (Å²) in [5.74, 6) is 0. The fourth-order valence-electron chi connectivity index (χ4n) is 2.15. The molecule has 0 radical (unpaired) electrons. The monoisotopic (exact) mass is 240 g/mol. The maximum atomic E-state index is 5.58. The minimum Gasteiger partial charge on any atom is -0.376 e. The van der Waals surface area contributed by atoms with Crippen LogP contribution in [0.5, 0.6) is 0 Å². The Morgan fingerprint density at radius 2 is 1.89 bits per heavy atom. The van der Waals surface area contributed by atoms with Gasteiger partial charge in [-0.15, -0.1) is 0 Å². The first kappa shape index (κ1) is 11.5. The molecule has 0 N–H and O–H groups in total. The van der Waals surface area contributed by atoms with E-state index >= 15 is 0 Å². The average molecular weight is 240 g/mol. The molecule has 1 aliphatic heterocycles. The van der Waals surface area contributed by atoms with Crippen molar-refractivity contribution in [2.24, 2.45) is 0 Å². The van der Waals surface area contributed by atoms with Crippen LogP contribution in [0.1, 0.15) is 5.56 Å². The van der Waals surface area contributed by atoms with Crippen LogP contribution in [0.15, 0.2) is 48.5 Å². The van der Waals surface area contributed by atoms with Crippen molar-refractivity contribution in [2.45, 2.75) is 6.10 Å².